The number of hydrogen-bond donors (Lipinski definition) is 1. The van der Waals surface area contributed by atoms with Crippen LogP contribution in [-0.4, -0.2) is 11.7 Å². The Bertz CT molecular complexity index is 503. The van der Waals surface area contributed by atoms with E-state index < -0.39 is 5.91 Å². The third-order valence-corrected chi connectivity index (χ3v) is 3.15. The van der Waals surface area contributed by atoms with Crippen molar-refractivity contribution in [1.29, 1.82) is 0 Å². The molecular formula is C14H15NO2. The molecule has 2 N–H and O–H groups in total. The van der Waals surface area contributed by atoms with Crippen molar-refractivity contribution < 1.29 is 9.59 Å². The molecule has 0 fully saturated rings. The van der Waals surface area contributed by atoms with Crippen molar-refractivity contribution in [3.05, 3.63) is 41.5 Å². The van der Waals surface area contributed by atoms with E-state index in [2.05, 4.69) is 6.08 Å². The molecule has 1 unspecified atom stereocenters. The van der Waals surface area contributed by atoms with E-state index >= 15 is 0 Å². The largest absolute Gasteiger partial charge is 0.366 e. The first-order valence-corrected chi connectivity index (χ1v) is 5.70. The third-order valence-electron chi connectivity index (χ3n) is 3.15. The lowest BCUT2D eigenvalue weighted by atomic mass is 9.86. The first kappa shape index (κ1) is 11.6. The minimum absolute atomic E-state index is 0.109. The van der Waals surface area contributed by atoms with E-state index in [0.717, 1.165) is 17.6 Å². The van der Waals surface area contributed by atoms with Crippen LogP contribution in [0.5, 0.6) is 0 Å². The molecule has 0 bridgehead atoms. The number of ketones is 1. The normalized spacial score (nSPS) is 19.9. The van der Waals surface area contributed by atoms with E-state index in [0.29, 0.717) is 12.0 Å². The standard InChI is InChI=1S/C14H15NO2/c1-9-5-6-11(8-13(9)16)10-3-2-4-12(7-10)14(15)17/h2-4,6-7,9H,5,8H2,1H3,(H2,15,17). The van der Waals surface area contributed by atoms with Gasteiger partial charge in [-0.3, -0.25) is 9.59 Å². The second-order valence-corrected chi connectivity index (χ2v) is 4.45. The molecule has 2 rings (SSSR count). The summed E-state index contributed by atoms with van der Waals surface area (Å²) in [5.74, 6) is -0.0759. The van der Waals surface area contributed by atoms with Gasteiger partial charge in [0.15, 0.2) is 0 Å². The minimum Gasteiger partial charge on any atom is -0.366 e. The van der Waals surface area contributed by atoms with Crippen LogP contribution in [0.2, 0.25) is 0 Å². The number of allylic oxidation sites excluding steroid dienone is 2. The number of primary amides is 1. The number of carbonyl (C=O) groups excluding carboxylic acids is 2. The summed E-state index contributed by atoms with van der Waals surface area (Å²) < 4.78 is 0. The summed E-state index contributed by atoms with van der Waals surface area (Å²) in [7, 11) is 0. The van der Waals surface area contributed by atoms with Crippen LogP contribution in [0.1, 0.15) is 35.7 Å². The summed E-state index contributed by atoms with van der Waals surface area (Å²) >= 11 is 0. The molecule has 17 heavy (non-hydrogen) atoms. The summed E-state index contributed by atoms with van der Waals surface area (Å²) in [5, 5.41) is 0. The van der Waals surface area contributed by atoms with Crippen molar-refractivity contribution in [3.8, 4) is 0 Å². The molecule has 1 aliphatic rings. The molecule has 0 saturated heterocycles. The zero-order chi connectivity index (χ0) is 12.4. The van der Waals surface area contributed by atoms with Gasteiger partial charge in [-0.25, -0.2) is 0 Å². The summed E-state index contributed by atoms with van der Waals surface area (Å²) in [6.07, 6.45) is 3.30. The average molecular weight is 229 g/mol. The zero-order valence-electron chi connectivity index (χ0n) is 9.77. The Labute approximate surface area is 100 Å². The molecule has 1 aromatic carbocycles. The van der Waals surface area contributed by atoms with Crippen LogP contribution >= 0.6 is 0 Å². The van der Waals surface area contributed by atoms with E-state index in [1.54, 1.807) is 18.2 Å². The van der Waals surface area contributed by atoms with E-state index in [9.17, 15) is 9.59 Å². The van der Waals surface area contributed by atoms with Gasteiger partial charge in [-0.15, -0.1) is 0 Å². The van der Waals surface area contributed by atoms with Gasteiger partial charge in [0.05, 0.1) is 0 Å². The lowest BCUT2D eigenvalue weighted by molar-refractivity contribution is -0.121. The lowest BCUT2D eigenvalue weighted by Gasteiger charge is -2.17. The molecule has 1 atom stereocenters. The van der Waals surface area contributed by atoms with Crippen LogP contribution in [0, 0.1) is 5.92 Å². The van der Waals surface area contributed by atoms with E-state index in [-0.39, 0.29) is 11.7 Å². The highest BCUT2D eigenvalue weighted by atomic mass is 16.1. The Morgan fingerprint density at radius 2 is 2.18 bits per heavy atom. The molecular weight excluding hydrogens is 214 g/mol. The first-order chi connectivity index (χ1) is 8.08. The monoisotopic (exact) mass is 229 g/mol. The van der Waals surface area contributed by atoms with Gasteiger partial charge in [-0.2, -0.15) is 0 Å². The van der Waals surface area contributed by atoms with Crippen LogP contribution in [0.4, 0.5) is 0 Å². The smallest absolute Gasteiger partial charge is 0.248 e. The van der Waals surface area contributed by atoms with E-state index in [4.69, 9.17) is 5.73 Å². The summed E-state index contributed by atoms with van der Waals surface area (Å²) in [5.41, 5.74) is 7.63. The van der Waals surface area contributed by atoms with Gasteiger partial charge in [0.2, 0.25) is 5.91 Å². The molecule has 1 amide bonds. The fourth-order valence-corrected chi connectivity index (χ4v) is 1.98. The van der Waals surface area contributed by atoms with Gasteiger partial charge < -0.3 is 5.73 Å². The highest BCUT2D eigenvalue weighted by Crippen LogP contribution is 2.27. The average Bonchev–Trinajstić information content (AvgIpc) is 2.33. The second-order valence-electron chi connectivity index (χ2n) is 4.45. The Hall–Kier alpha value is -1.90. The second kappa shape index (κ2) is 4.53. The predicted octanol–water partition coefficient (Wildman–Crippen LogP) is 2.17. The van der Waals surface area contributed by atoms with Crippen LogP contribution in [0.15, 0.2) is 30.3 Å². The molecule has 0 heterocycles. The predicted molar refractivity (Wildman–Crippen MR) is 66.3 cm³/mol. The van der Waals surface area contributed by atoms with Crippen LogP contribution in [-0.2, 0) is 4.79 Å². The summed E-state index contributed by atoms with van der Waals surface area (Å²) in [4.78, 5) is 22.8. The quantitative estimate of drug-likeness (QED) is 0.844. The Morgan fingerprint density at radius 3 is 2.82 bits per heavy atom. The van der Waals surface area contributed by atoms with Crippen LogP contribution < -0.4 is 5.73 Å². The first-order valence-electron chi connectivity index (χ1n) is 5.70. The maximum Gasteiger partial charge on any atom is 0.248 e. The SMILES string of the molecule is CC1CC=C(c2cccc(C(N)=O)c2)CC1=O. The number of nitrogens with two attached hydrogens (primary N) is 1. The highest BCUT2D eigenvalue weighted by molar-refractivity contribution is 5.96. The number of hydrogen-bond acceptors (Lipinski definition) is 2. The number of rotatable bonds is 2. The van der Waals surface area contributed by atoms with E-state index in [1.165, 1.54) is 0 Å². The van der Waals surface area contributed by atoms with E-state index in [1.807, 2.05) is 13.0 Å². The molecule has 1 aromatic rings. The fraction of sp³-hybridized carbons (Fsp3) is 0.286. The van der Waals surface area contributed by atoms with Crippen molar-refractivity contribution in [2.75, 3.05) is 0 Å². The molecule has 0 aromatic heterocycles. The van der Waals surface area contributed by atoms with Crippen molar-refractivity contribution in [3.63, 3.8) is 0 Å². The van der Waals surface area contributed by atoms with Crippen molar-refractivity contribution >= 4 is 17.3 Å². The molecule has 88 valence electrons. The Kier molecular flexibility index (Phi) is 3.09. The molecule has 1 aliphatic carbocycles. The number of benzene rings is 1. The van der Waals surface area contributed by atoms with Gasteiger partial charge in [0.1, 0.15) is 5.78 Å². The van der Waals surface area contributed by atoms with Gasteiger partial charge in [-0.1, -0.05) is 25.1 Å². The van der Waals surface area contributed by atoms with Gasteiger partial charge in [0.25, 0.3) is 0 Å². The molecule has 3 heteroatoms. The maximum atomic E-state index is 11.7. The van der Waals surface area contributed by atoms with Crippen LogP contribution in [0.3, 0.4) is 0 Å². The van der Waals surface area contributed by atoms with Gasteiger partial charge in [-0.05, 0) is 29.7 Å². The van der Waals surface area contributed by atoms with Crippen molar-refractivity contribution in [2.24, 2.45) is 11.7 Å². The summed E-state index contributed by atoms with van der Waals surface area (Å²) in [6.45, 7) is 1.94. The number of amides is 1. The third kappa shape index (κ3) is 2.44. The zero-order valence-corrected chi connectivity index (χ0v) is 9.77. The van der Waals surface area contributed by atoms with Gasteiger partial charge in [0, 0.05) is 17.9 Å². The number of Topliss-reactive ketones (excluding diaryl/α,β-unsaturated/α-hetero) is 1. The van der Waals surface area contributed by atoms with Gasteiger partial charge >= 0.3 is 0 Å². The number of carbonyl (C=O) groups is 2. The summed E-state index contributed by atoms with van der Waals surface area (Å²) in [6, 6.07) is 7.12. The van der Waals surface area contributed by atoms with Crippen LogP contribution in [0.25, 0.3) is 5.57 Å². The molecule has 3 nitrogen and oxygen atoms in total. The Balaban J connectivity index is 2.32. The molecule has 0 radical (unpaired) electrons. The molecule has 0 saturated carbocycles. The maximum absolute atomic E-state index is 11.7. The lowest BCUT2D eigenvalue weighted by Crippen LogP contribution is -2.15. The molecule has 0 aliphatic heterocycles. The topological polar surface area (TPSA) is 60.2 Å². The fourth-order valence-electron chi connectivity index (χ4n) is 1.98. The van der Waals surface area contributed by atoms with Crippen molar-refractivity contribution in [2.45, 2.75) is 19.8 Å². The Morgan fingerprint density at radius 1 is 1.41 bits per heavy atom. The van der Waals surface area contributed by atoms with Crippen molar-refractivity contribution in [1.82, 2.24) is 0 Å². The highest BCUT2D eigenvalue weighted by Gasteiger charge is 2.19. The minimum atomic E-state index is -0.442. The molecule has 0 spiro atoms.